The maximum Gasteiger partial charge on any atom is 0.181 e. The number of aromatic nitrogens is 3. The molecule has 2 aromatic rings. The van der Waals surface area contributed by atoms with Crippen molar-refractivity contribution in [2.45, 2.75) is 57.2 Å². The molecule has 24 heavy (non-hydrogen) atoms. The molecule has 1 heterocycles. The number of nitrogens with zero attached hydrogens (tertiary/aromatic N) is 4. The Balaban J connectivity index is 1.93. The third-order valence-corrected chi connectivity index (χ3v) is 4.99. The summed E-state index contributed by atoms with van der Waals surface area (Å²) in [5.41, 5.74) is 1.05. The lowest BCUT2D eigenvalue weighted by Crippen LogP contribution is -2.43. The van der Waals surface area contributed by atoms with Gasteiger partial charge in [0, 0.05) is 23.6 Å². The molecule has 5 nitrogen and oxygen atoms in total. The highest BCUT2D eigenvalue weighted by molar-refractivity contribution is 5.54. The summed E-state index contributed by atoms with van der Waals surface area (Å²) in [6, 6.07) is 10.6. The molecular formula is C19H28N4O. The van der Waals surface area contributed by atoms with Crippen LogP contribution in [0.5, 0.6) is 0 Å². The highest BCUT2D eigenvalue weighted by Gasteiger charge is 2.34. The van der Waals surface area contributed by atoms with Crippen LogP contribution in [-0.4, -0.2) is 51.0 Å². The molecular weight excluding hydrogens is 300 g/mol. The lowest BCUT2D eigenvalue weighted by atomic mass is 9.82. The zero-order valence-corrected chi connectivity index (χ0v) is 15.1. The zero-order chi connectivity index (χ0) is 17.3. The molecule has 5 heteroatoms. The van der Waals surface area contributed by atoms with Gasteiger partial charge in [-0.25, -0.2) is 9.67 Å². The Morgan fingerprint density at radius 2 is 1.88 bits per heavy atom. The molecule has 3 rings (SSSR count). The fourth-order valence-corrected chi connectivity index (χ4v) is 3.62. The summed E-state index contributed by atoms with van der Waals surface area (Å²) < 4.78 is 2.07. The Morgan fingerprint density at radius 1 is 1.17 bits per heavy atom. The topological polar surface area (TPSA) is 54.2 Å². The number of rotatable bonds is 4. The fourth-order valence-electron chi connectivity index (χ4n) is 3.62. The van der Waals surface area contributed by atoms with Gasteiger partial charge in [0.1, 0.15) is 5.82 Å². The van der Waals surface area contributed by atoms with Crippen molar-refractivity contribution >= 4 is 0 Å². The molecule has 0 spiro atoms. The molecule has 0 amide bonds. The number of aliphatic hydroxyl groups excluding tert-OH is 1. The van der Waals surface area contributed by atoms with Gasteiger partial charge in [-0.05, 0) is 47.2 Å². The number of aliphatic hydroxyl groups is 1. The second-order valence-electron chi connectivity index (χ2n) is 7.31. The first kappa shape index (κ1) is 17.1. The van der Waals surface area contributed by atoms with Gasteiger partial charge in [0.05, 0.1) is 6.10 Å². The quantitative estimate of drug-likeness (QED) is 0.937. The van der Waals surface area contributed by atoms with Crippen LogP contribution in [0.2, 0.25) is 0 Å². The minimum absolute atomic E-state index is 0.182. The Bertz CT molecular complexity index is 665. The SMILES string of the molecule is CC(C)n1nc(-c2ccccc2)nc1[C@H]1CC[C@@H](O)[C@H](N(C)C)C1. The highest BCUT2D eigenvalue weighted by Crippen LogP contribution is 2.35. The highest BCUT2D eigenvalue weighted by atomic mass is 16.3. The van der Waals surface area contributed by atoms with Crippen LogP contribution in [0.15, 0.2) is 30.3 Å². The van der Waals surface area contributed by atoms with Gasteiger partial charge in [-0.15, -0.1) is 0 Å². The van der Waals surface area contributed by atoms with Gasteiger partial charge >= 0.3 is 0 Å². The molecule has 1 saturated carbocycles. The van der Waals surface area contributed by atoms with Crippen LogP contribution >= 0.6 is 0 Å². The van der Waals surface area contributed by atoms with Crippen molar-refractivity contribution < 1.29 is 5.11 Å². The summed E-state index contributed by atoms with van der Waals surface area (Å²) in [6.45, 7) is 4.29. The van der Waals surface area contributed by atoms with Crippen molar-refractivity contribution in [2.24, 2.45) is 0 Å². The smallest absolute Gasteiger partial charge is 0.181 e. The summed E-state index contributed by atoms with van der Waals surface area (Å²) in [4.78, 5) is 7.03. The summed E-state index contributed by atoms with van der Waals surface area (Å²) >= 11 is 0. The zero-order valence-electron chi connectivity index (χ0n) is 15.1. The number of likely N-dealkylation sites (N-methyl/N-ethyl adjacent to an activating group) is 1. The number of hydrogen-bond donors (Lipinski definition) is 1. The van der Waals surface area contributed by atoms with E-state index in [-0.39, 0.29) is 18.2 Å². The first-order valence-corrected chi connectivity index (χ1v) is 8.83. The van der Waals surface area contributed by atoms with E-state index in [9.17, 15) is 5.11 Å². The molecule has 0 bridgehead atoms. The summed E-state index contributed by atoms with van der Waals surface area (Å²) in [5, 5.41) is 15.1. The van der Waals surface area contributed by atoms with E-state index in [1.807, 2.05) is 32.3 Å². The van der Waals surface area contributed by atoms with Gasteiger partial charge < -0.3 is 10.0 Å². The normalized spacial score (nSPS) is 24.7. The third-order valence-electron chi connectivity index (χ3n) is 4.99. The Labute approximate surface area is 144 Å². The Morgan fingerprint density at radius 3 is 2.50 bits per heavy atom. The summed E-state index contributed by atoms with van der Waals surface area (Å²) in [5.74, 6) is 2.20. The maximum absolute atomic E-state index is 10.3. The van der Waals surface area contributed by atoms with Crippen LogP contribution in [0, 0.1) is 0 Å². The van der Waals surface area contributed by atoms with E-state index in [1.54, 1.807) is 0 Å². The van der Waals surface area contributed by atoms with E-state index in [1.165, 1.54) is 0 Å². The van der Waals surface area contributed by atoms with Crippen LogP contribution < -0.4 is 0 Å². The van der Waals surface area contributed by atoms with E-state index in [0.29, 0.717) is 5.92 Å². The van der Waals surface area contributed by atoms with E-state index >= 15 is 0 Å². The van der Waals surface area contributed by atoms with Crippen molar-refractivity contribution in [3.05, 3.63) is 36.2 Å². The predicted molar refractivity (Wildman–Crippen MR) is 95.9 cm³/mol. The molecule has 0 unspecified atom stereocenters. The van der Waals surface area contributed by atoms with Gasteiger partial charge in [0.25, 0.3) is 0 Å². The molecule has 1 aromatic carbocycles. The van der Waals surface area contributed by atoms with Crippen LogP contribution in [0.1, 0.15) is 50.9 Å². The van der Waals surface area contributed by atoms with E-state index in [2.05, 4.69) is 35.6 Å². The predicted octanol–water partition coefficient (Wildman–Crippen LogP) is 3.08. The van der Waals surface area contributed by atoms with Crippen LogP contribution in [0.25, 0.3) is 11.4 Å². The average Bonchev–Trinajstić information content (AvgIpc) is 3.01. The Kier molecular flexibility index (Phi) is 5.01. The van der Waals surface area contributed by atoms with Crippen molar-refractivity contribution in [2.75, 3.05) is 14.1 Å². The van der Waals surface area contributed by atoms with Gasteiger partial charge in [-0.1, -0.05) is 30.3 Å². The minimum Gasteiger partial charge on any atom is -0.391 e. The molecule has 0 aliphatic heterocycles. The van der Waals surface area contributed by atoms with Crippen molar-refractivity contribution in [1.82, 2.24) is 19.7 Å². The van der Waals surface area contributed by atoms with Crippen molar-refractivity contribution in [1.29, 1.82) is 0 Å². The molecule has 3 atom stereocenters. The van der Waals surface area contributed by atoms with E-state index < -0.39 is 0 Å². The first-order chi connectivity index (χ1) is 11.5. The minimum atomic E-state index is -0.250. The molecule has 1 fully saturated rings. The monoisotopic (exact) mass is 328 g/mol. The lowest BCUT2D eigenvalue weighted by Gasteiger charge is -2.37. The summed E-state index contributed by atoms with van der Waals surface area (Å²) in [7, 11) is 4.08. The largest absolute Gasteiger partial charge is 0.391 e. The van der Waals surface area contributed by atoms with Crippen molar-refractivity contribution in [3.63, 3.8) is 0 Å². The van der Waals surface area contributed by atoms with Gasteiger partial charge in [-0.2, -0.15) is 5.10 Å². The van der Waals surface area contributed by atoms with Crippen LogP contribution in [0.3, 0.4) is 0 Å². The molecule has 1 aliphatic rings. The molecule has 0 saturated heterocycles. The molecule has 130 valence electrons. The fraction of sp³-hybridized carbons (Fsp3) is 0.579. The van der Waals surface area contributed by atoms with E-state index in [0.717, 1.165) is 36.5 Å². The second kappa shape index (κ2) is 7.03. The first-order valence-electron chi connectivity index (χ1n) is 8.83. The number of hydrogen-bond acceptors (Lipinski definition) is 4. The average molecular weight is 328 g/mol. The van der Waals surface area contributed by atoms with Crippen LogP contribution in [-0.2, 0) is 0 Å². The van der Waals surface area contributed by atoms with Gasteiger partial charge in [0.2, 0.25) is 0 Å². The standard InChI is InChI=1S/C19H28N4O/c1-13(2)23-19(15-10-11-17(24)16(12-15)22(3)4)20-18(21-23)14-8-6-5-7-9-14/h5-9,13,15-17,24H,10-12H2,1-4H3/t15-,16+,17+/m0/s1. The maximum atomic E-state index is 10.3. The van der Waals surface area contributed by atoms with E-state index in [4.69, 9.17) is 10.1 Å². The molecule has 1 aliphatic carbocycles. The van der Waals surface area contributed by atoms with Gasteiger partial charge in [0.15, 0.2) is 5.82 Å². The summed E-state index contributed by atoms with van der Waals surface area (Å²) in [6.07, 6.45) is 2.46. The third kappa shape index (κ3) is 3.37. The number of benzene rings is 1. The Hall–Kier alpha value is -1.72. The second-order valence-corrected chi connectivity index (χ2v) is 7.31. The molecule has 0 radical (unpaired) electrons. The van der Waals surface area contributed by atoms with Crippen LogP contribution in [0.4, 0.5) is 0 Å². The molecule has 1 aromatic heterocycles. The van der Waals surface area contributed by atoms with Crippen molar-refractivity contribution in [3.8, 4) is 11.4 Å². The molecule has 1 N–H and O–H groups in total. The van der Waals surface area contributed by atoms with Gasteiger partial charge in [-0.3, -0.25) is 0 Å². The lowest BCUT2D eigenvalue weighted by molar-refractivity contribution is 0.0348.